The summed E-state index contributed by atoms with van der Waals surface area (Å²) in [5, 5.41) is 6.27. The molecule has 4 heteroatoms. The topological polar surface area (TPSA) is 54.0 Å². The minimum atomic E-state index is -0.414. The van der Waals surface area contributed by atoms with Gasteiger partial charge in [0, 0.05) is 6.20 Å². The third kappa shape index (κ3) is 2.64. The van der Waals surface area contributed by atoms with Crippen LogP contribution in [0.5, 0.6) is 0 Å². The Kier molecular flexibility index (Phi) is 3.43. The van der Waals surface area contributed by atoms with E-state index in [4.69, 9.17) is 0 Å². The van der Waals surface area contributed by atoms with Gasteiger partial charge in [0.05, 0.1) is 17.3 Å². The molecule has 1 aromatic rings. The lowest BCUT2D eigenvalue weighted by atomic mass is 9.98. The molecule has 92 valence electrons. The van der Waals surface area contributed by atoms with Gasteiger partial charge < -0.3 is 10.6 Å². The molecule has 0 aliphatic carbocycles. The Hall–Kier alpha value is -1.42. The zero-order valence-corrected chi connectivity index (χ0v) is 10.4. The fraction of sp³-hybridized carbons (Fsp3) is 0.538. The van der Waals surface area contributed by atoms with Crippen LogP contribution in [0, 0.1) is 0 Å². The zero-order chi connectivity index (χ0) is 12.3. The largest absolute Gasteiger partial charge is 0.346 e. The van der Waals surface area contributed by atoms with Crippen molar-refractivity contribution in [3.05, 3.63) is 30.1 Å². The Bertz CT molecular complexity index is 385. The molecule has 0 aromatic carbocycles. The number of aromatic nitrogens is 1. The van der Waals surface area contributed by atoms with E-state index in [0.717, 1.165) is 25.1 Å². The van der Waals surface area contributed by atoms with Gasteiger partial charge in [0.2, 0.25) is 5.91 Å². The number of amides is 1. The van der Waals surface area contributed by atoms with Crippen molar-refractivity contribution in [1.29, 1.82) is 0 Å². The average molecular weight is 233 g/mol. The van der Waals surface area contributed by atoms with E-state index in [1.54, 1.807) is 6.20 Å². The lowest BCUT2D eigenvalue weighted by Crippen LogP contribution is -2.51. The van der Waals surface area contributed by atoms with Gasteiger partial charge in [-0.15, -0.1) is 0 Å². The first-order valence-corrected chi connectivity index (χ1v) is 6.09. The minimum absolute atomic E-state index is 0.0528. The third-order valence-electron chi connectivity index (χ3n) is 3.35. The van der Waals surface area contributed by atoms with Crippen LogP contribution in [0.1, 0.15) is 38.4 Å². The molecule has 0 radical (unpaired) electrons. The predicted molar refractivity (Wildman–Crippen MR) is 66.4 cm³/mol. The van der Waals surface area contributed by atoms with Crippen molar-refractivity contribution in [2.75, 3.05) is 6.54 Å². The molecule has 1 aliphatic heterocycles. The van der Waals surface area contributed by atoms with Crippen molar-refractivity contribution < 1.29 is 4.79 Å². The second-order valence-electron chi connectivity index (χ2n) is 4.81. The maximum atomic E-state index is 12.1. The maximum absolute atomic E-state index is 12.1. The van der Waals surface area contributed by atoms with Crippen LogP contribution in [0.2, 0.25) is 0 Å². The number of pyridine rings is 1. The lowest BCUT2D eigenvalue weighted by Gasteiger charge is -2.25. The van der Waals surface area contributed by atoms with E-state index in [1.165, 1.54) is 0 Å². The van der Waals surface area contributed by atoms with Gasteiger partial charge in [-0.2, -0.15) is 0 Å². The molecule has 1 unspecified atom stereocenters. The normalized spacial score (nSPS) is 25.5. The number of hydrogen-bond donors (Lipinski definition) is 2. The van der Waals surface area contributed by atoms with Gasteiger partial charge in [-0.25, -0.2) is 0 Å². The van der Waals surface area contributed by atoms with Crippen LogP contribution < -0.4 is 10.6 Å². The molecule has 0 spiro atoms. The van der Waals surface area contributed by atoms with Crippen molar-refractivity contribution in [2.45, 2.75) is 38.3 Å². The molecule has 1 aliphatic rings. The van der Waals surface area contributed by atoms with Crippen LogP contribution in [-0.4, -0.2) is 23.0 Å². The number of rotatable bonds is 3. The highest BCUT2D eigenvalue weighted by molar-refractivity contribution is 5.86. The highest BCUT2D eigenvalue weighted by Crippen LogP contribution is 2.20. The molecular formula is C13H19N3O. The summed E-state index contributed by atoms with van der Waals surface area (Å²) in [7, 11) is 0. The van der Waals surface area contributed by atoms with Crippen LogP contribution in [-0.2, 0) is 4.79 Å². The lowest BCUT2D eigenvalue weighted by molar-refractivity contribution is -0.127. The molecular weight excluding hydrogens is 214 g/mol. The maximum Gasteiger partial charge on any atom is 0.240 e. The van der Waals surface area contributed by atoms with E-state index < -0.39 is 5.54 Å². The van der Waals surface area contributed by atoms with Gasteiger partial charge >= 0.3 is 0 Å². The first-order chi connectivity index (χ1) is 8.12. The van der Waals surface area contributed by atoms with Gasteiger partial charge in [0.25, 0.3) is 0 Å². The summed E-state index contributed by atoms with van der Waals surface area (Å²) in [5.74, 6) is 0.0631. The van der Waals surface area contributed by atoms with E-state index in [1.807, 2.05) is 32.0 Å². The van der Waals surface area contributed by atoms with Crippen LogP contribution >= 0.6 is 0 Å². The Labute approximate surface area is 102 Å². The first-order valence-electron chi connectivity index (χ1n) is 6.09. The number of hydrogen-bond acceptors (Lipinski definition) is 3. The Morgan fingerprint density at radius 3 is 3.00 bits per heavy atom. The summed E-state index contributed by atoms with van der Waals surface area (Å²) in [4.78, 5) is 16.4. The van der Waals surface area contributed by atoms with E-state index in [9.17, 15) is 4.79 Å². The fourth-order valence-electron chi connectivity index (χ4n) is 2.15. The minimum Gasteiger partial charge on any atom is -0.346 e. The summed E-state index contributed by atoms with van der Waals surface area (Å²) in [5.41, 5.74) is 0.478. The van der Waals surface area contributed by atoms with Crippen LogP contribution in [0.4, 0.5) is 0 Å². The summed E-state index contributed by atoms with van der Waals surface area (Å²) in [6.45, 7) is 4.83. The highest BCUT2D eigenvalue weighted by atomic mass is 16.2. The summed E-state index contributed by atoms with van der Waals surface area (Å²) in [6, 6.07) is 5.68. The molecule has 2 atom stereocenters. The Morgan fingerprint density at radius 1 is 1.59 bits per heavy atom. The van der Waals surface area contributed by atoms with Gasteiger partial charge in [0.1, 0.15) is 0 Å². The Balaban J connectivity index is 1.99. The number of nitrogens with zero attached hydrogens (tertiary/aromatic N) is 1. The molecule has 0 bridgehead atoms. The van der Waals surface area contributed by atoms with E-state index in [-0.39, 0.29) is 11.9 Å². The summed E-state index contributed by atoms with van der Waals surface area (Å²) in [6.07, 6.45) is 3.70. The SMILES string of the molecule is C[C@H](NC(=O)C1(C)CCCN1)c1ccccn1. The van der Waals surface area contributed by atoms with Gasteiger partial charge in [-0.05, 0) is 45.4 Å². The van der Waals surface area contributed by atoms with E-state index in [0.29, 0.717) is 0 Å². The number of carbonyl (C=O) groups is 1. The van der Waals surface area contributed by atoms with Crippen LogP contribution in [0.25, 0.3) is 0 Å². The van der Waals surface area contributed by atoms with E-state index >= 15 is 0 Å². The number of nitrogens with one attached hydrogen (secondary N) is 2. The molecule has 1 amide bonds. The zero-order valence-electron chi connectivity index (χ0n) is 10.4. The standard InChI is InChI=1S/C13H19N3O/c1-10(11-6-3-4-8-14-11)16-12(17)13(2)7-5-9-15-13/h3-4,6,8,10,15H,5,7,9H2,1-2H3,(H,16,17)/t10-,13?/m0/s1. The van der Waals surface area contributed by atoms with Crippen molar-refractivity contribution in [3.8, 4) is 0 Å². The van der Waals surface area contributed by atoms with Crippen molar-refractivity contribution in [1.82, 2.24) is 15.6 Å². The summed E-state index contributed by atoms with van der Waals surface area (Å²) < 4.78 is 0. The molecule has 1 saturated heterocycles. The third-order valence-corrected chi connectivity index (χ3v) is 3.35. The van der Waals surface area contributed by atoms with Crippen LogP contribution in [0.3, 0.4) is 0 Å². The monoisotopic (exact) mass is 233 g/mol. The first kappa shape index (κ1) is 12.0. The highest BCUT2D eigenvalue weighted by Gasteiger charge is 2.36. The van der Waals surface area contributed by atoms with Crippen molar-refractivity contribution in [2.24, 2.45) is 0 Å². The molecule has 1 fully saturated rings. The smallest absolute Gasteiger partial charge is 0.240 e. The molecule has 2 rings (SSSR count). The Morgan fingerprint density at radius 2 is 2.41 bits per heavy atom. The molecule has 4 nitrogen and oxygen atoms in total. The number of carbonyl (C=O) groups excluding carboxylic acids is 1. The van der Waals surface area contributed by atoms with Gasteiger partial charge in [-0.1, -0.05) is 6.07 Å². The van der Waals surface area contributed by atoms with Gasteiger partial charge in [-0.3, -0.25) is 9.78 Å². The second-order valence-corrected chi connectivity index (χ2v) is 4.81. The van der Waals surface area contributed by atoms with E-state index in [2.05, 4.69) is 15.6 Å². The van der Waals surface area contributed by atoms with Crippen molar-refractivity contribution >= 4 is 5.91 Å². The van der Waals surface area contributed by atoms with Crippen molar-refractivity contribution in [3.63, 3.8) is 0 Å². The quantitative estimate of drug-likeness (QED) is 0.829. The molecule has 17 heavy (non-hydrogen) atoms. The molecule has 0 saturated carbocycles. The molecule has 2 heterocycles. The molecule has 1 aromatic heterocycles. The van der Waals surface area contributed by atoms with Crippen LogP contribution in [0.15, 0.2) is 24.4 Å². The van der Waals surface area contributed by atoms with Gasteiger partial charge in [0.15, 0.2) is 0 Å². The predicted octanol–water partition coefficient (Wildman–Crippen LogP) is 1.40. The fourth-order valence-corrected chi connectivity index (χ4v) is 2.15. The summed E-state index contributed by atoms with van der Waals surface area (Å²) >= 11 is 0. The molecule has 2 N–H and O–H groups in total. The second kappa shape index (κ2) is 4.84. The average Bonchev–Trinajstić information content (AvgIpc) is 2.78.